The van der Waals surface area contributed by atoms with Crippen LogP contribution in [0.25, 0.3) is 6.08 Å². The van der Waals surface area contributed by atoms with Gasteiger partial charge in [0.25, 0.3) is 0 Å². The molecule has 0 radical (unpaired) electrons. The van der Waals surface area contributed by atoms with Gasteiger partial charge in [0.1, 0.15) is 11.3 Å². The fraction of sp³-hybridized carbons (Fsp3) is 0.412. The number of Topliss-reactive ketones (excluding diaryl/α,β-unsaturated/α-hetero) is 1. The molecule has 0 atom stereocenters. The van der Waals surface area contributed by atoms with Crippen molar-refractivity contribution in [1.82, 2.24) is 0 Å². The Morgan fingerprint density at radius 1 is 1.24 bits per heavy atom. The van der Waals surface area contributed by atoms with E-state index in [9.17, 15) is 9.59 Å². The number of benzene rings is 1. The zero-order valence-electron chi connectivity index (χ0n) is 12.8. The van der Waals surface area contributed by atoms with Gasteiger partial charge < -0.3 is 9.47 Å². The lowest BCUT2D eigenvalue weighted by Crippen LogP contribution is -2.13. The highest BCUT2D eigenvalue weighted by atomic mass is 16.5. The summed E-state index contributed by atoms with van der Waals surface area (Å²) in [5, 5.41) is 0. The van der Waals surface area contributed by atoms with Crippen LogP contribution in [0.3, 0.4) is 0 Å². The van der Waals surface area contributed by atoms with Gasteiger partial charge in [-0.05, 0) is 44.0 Å². The Bertz CT molecular complexity index is 517. The number of ether oxygens (including phenoxy) is 2. The van der Waals surface area contributed by atoms with Crippen molar-refractivity contribution in [2.45, 2.75) is 33.6 Å². The third kappa shape index (κ3) is 5.81. The fourth-order valence-electron chi connectivity index (χ4n) is 1.71. The lowest BCUT2D eigenvalue weighted by molar-refractivity contribution is -0.139. The maximum Gasteiger partial charge on any atom is 0.341 e. The van der Waals surface area contributed by atoms with Crippen LogP contribution in [0.15, 0.2) is 29.8 Å². The van der Waals surface area contributed by atoms with Crippen LogP contribution in [0.1, 0.15) is 39.2 Å². The number of hydrogen-bond acceptors (Lipinski definition) is 4. The molecule has 0 spiro atoms. The molecule has 0 aromatic heterocycles. The molecule has 0 amide bonds. The van der Waals surface area contributed by atoms with E-state index in [1.807, 2.05) is 18.2 Å². The van der Waals surface area contributed by atoms with Crippen LogP contribution in [-0.4, -0.2) is 25.0 Å². The molecule has 1 aromatic rings. The number of rotatable bonds is 8. The molecule has 4 nitrogen and oxygen atoms in total. The summed E-state index contributed by atoms with van der Waals surface area (Å²) < 4.78 is 10.5. The standard InChI is InChI=1S/C17H22O4/c1-4-6-10-21-15-9-7-8-14(11-15)12-16(13(3)18)17(19)20-5-2/h7-9,11-12H,4-6,10H2,1-3H3/b16-12+. The van der Waals surface area contributed by atoms with E-state index >= 15 is 0 Å². The van der Waals surface area contributed by atoms with Crippen molar-refractivity contribution in [1.29, 1.82) is 0 Å². The molecule has 0 aliphatic rings. The number of esters is 1. The van der Waals surface area contributed by atoms with E-state index in [-0.39, 0.29) is 18.0 Å². The van der Waals surface area contributed by atoms with Crippen LogP contribution in [-0.2, 0) is 14.3 Å². The molecule has 0 aliphatic heterocycles. The van der Waals surface area contributed by atoms with E-state index in [1.165, 1.54) is 13.0 Å². The quantitative estimate of drug-likeness (QED) is 0.242. The van der Waals surface area contributed by atoms with E-state index in [0.29, 0.717) is 6.61 Å². The van der Waals surface area contributed by atoms with E-state index in [0.717, 1.165) is 24.2 Å². The summed E-state index contributed by atoms with van der Waals surface area (Å²) >= 11 is 0. The molecule has 1 aromatic carbocycles. The molecule has 0 bridgehead atoms. The van der Waals surface area contributed by atoms with Gasteiger partial charge in [0, 0.05) is 0 Å². The van der Waals surface area contributed by atoms with Crippen molar-refractivity contribution in [2.24, 2.45) is 0 Å². The Morgan fingerprint density at radius 2 is 2.00 bits per heavy atom. The second kappa shape index (κ2) is 8.95. The lowest BCUT2D eigenvalue weighted by atomic mass is 10.1. The topological polar surface area (TPSA) is 52.6 Å². The first-order valence-electron chi connectivity index (χ1n) is 7.21. The first kappa shape index (κ1) is 17.0. The first-order chi connectivity index (χ1) is 10.1. The zero-order chi connectivity index (χ0) is 15.7. The molecule has 0 fully saturated rings. The highest BCUT2D eigenvalue weighted by molar-refractivity contribution is 6.19. The highest BCUT2D eigenvalue weighted by Crippen LogP contribution is 2.17. The molecule has 1 rings (SSSR count). The summed E-state index contributed by atoms with van der Waals surface area (Å²) in [5.41, 5.74) is 0.782. The van der Waals surface area contributed by atoms with Gasteiger partial charge in [-0.15, -0.1) is 0 Å². The van der Waals surface area contributed by atoms with E-state index in [4.69, 9.17) is 9.47 Å². The Labute approximate surface area is 125 Å². The number of ketones is 1. The van der Waals surface area contributed by atoms with Gasteiger partial charge in [-0.1, -0.05) is 25.5 Å². The SMILES string of the molecule is CCCCOc1cccc(/C=C(\C(C)=O)C(=O)OCC)c1. The summed E-state index contributed by atoms with van der Waals surface area (Å²) in [6, 6.07) is 7.30. The van der Waals surface area contributed by atoms with E-state index in [1.54, 1.807) is 13.0 Å². The zero-order valence-corrected chi connectivity index (χ0v) is 12.8. The maximum absolute atomic E-state index is 11.7. The largest absolute Gasteiger partial charge is 0.494 e. The molecule has 0 saturated carbocycles. The van der Waals surface area contributed by atoms with Crippen molar-refractivity contribution >= 4 is 17.8 Å². The minimum absolute atomic E-state index is 0.0440. The number of unbranched alkanes of at least 4 members (excludes halogenated alkanes) is 1. The summed E-state index contributed by atoms with van der Waals surface area (Å²) in [6.07, 6.45) is 3.59. The third-order valence-electron chi connectivity index (χ3n) is 2.81. The Hall–Kier alpha value is -2.10. The molecule has 0 heterocycles. The normalized spacial score (nSPS) is 11.1. The van der Waals surface area contributed by atoms with E-state index < -0.39 is 5.97 Å². The number of hydrogen-bond donors (Lipinski definition) is 0. The van der Waals surface area contributed by atoms with Gasteiger partial charge in [-0.25, -0.2) is 4.79 Å². The van der Waals surface area contributed by atoms with Gasteiger partial charge in [-0.2, -0.15) is 0 Å². The van der Waals surface area contributed by atoms with Crippen LogP contribution >= 0.6 is 0 Å². The summed E-state index contributed by atoms with van der Waals surface area (Å²) in [7, 11) is 0. The van der Waals surface area contributed by atoms with Gasteiger partial charge in [0.05, 0.1) is 13.2 Å². The maximum atomic E-state index is 11.7. The summed E-state index contributed by atoms with van der Waals surface area (Å²) in [4.78, 5) is 23.3. The van der Waals surface area contributed by atoms with Crippen LogP contribution in [0, 0.1) is 0 Å². The van der Waals surface area contributed by atoms with Crippen molar-refractivity contribution in [3.8, 4) is 5.75 Å². The molecule has 21 heavy (non-hydrogen) atoms. The van der Waals surface area contributed by atoms with Crippen molar-refractivity contribution in [3.63, 3.8) is 0 Å². The van der Waals surface area contributed by atoms with Gasteiger partial charge >= 0.3 is 5.97 Å². The predicted molar refractivity (Wildman–Crippen MR) is 82.1 cm³/mol. The summed E-state index contributed by atoms with van der Waals surface area (Å²) in [5.74, 6) is -0.183. The number of carbonyl (C=O) groups excluding carboxylic acids is 2. The van der Waals surface area contributed by atoms with Crippen LogP contribution < -0.4 is 4.74 Å². The lowest BCUT2D eigenvalue weighted by Gasteiger charge is -2.07. The summed E-state index contributed by atoms with van der Waals surface area (Å²) in [6.45, 7) is 6.05. The van der Waals surface area contributed by atoms with E-state index in [2.05, 4.69) is 6.92 Å². The molecule has 0 aliphatic carbocycles. The Morgan fingerprint density at radius 3 is 2.62 bits per heavy atom. The molecule has 4 heteroatoms. The van der Waals surface area contributed by atoms with Gasteiger partial charge in [0.2, 0.25) is 0 Å². The van der Waals surface area contributed by atoms with Crippen molar-refractivity contribution in [2.75, 3.05) is 13.2 Å². The molecule has 0 N–H and O–H groups in total. The van der Waals surface area contributed by atoms with Crippen molar-refractivity contribution < 1.29 is 19.1 Å². The minimum atomic E-state index is -0.595. The van der Waals surface area contributed by atoms with Crippen LogP contribution in [0.5, 0.6) is 5.75 Å². The average Bonchev–Trinajstić information content (AvgIpc) is 2.45. The Kier molecular flexibility index (Phi) is 7.23. The molecular formula is C17H22O4. The minimum Gasteiger partial charge on any atom is -0.494 e. The smallest absolute Gasteiger partial charge is 0.341 e. The first-order valence-corrected chi connectivity index (χ1v) is 7.21. The van der Waals surface area contributed by atoms with Crippen LogP contribution in [0.2, 0.25) is 0 Å². The molecule has 0 saturated heterocycles. The second-order valence-corrected chi connectivity index (χ2v) is 4.61. The van der Waals surface area contributed by atoms with Crippen molar-refractivity contribution in [3.05, 3.63) is 35.4 Å². The molecular weight excluding hydrogens is 268 g/mol. The Balaban J connectivity index is 2.91. The van der Waals surface area contributed by atoms with Gasteiger partial charge in [0.15, 0.2) is 5.78 Å². The molecule has 114 valence electrons. The van der Waals surface area contributed by atoms with Crippen LogP contribution in [0.4, 0.5) is 0 Å². The monoisotopic (exact) mass is 290 g/mol. The predicted octanol–water partition coefficient (Wildman–Crippen LogP) is 3.40. The van der Waals surface area contributed by atoms with Gasteiger partial charge in [-0.3, -0.25) is 4.79 Å². The highest BCUT2D eigenvalue weighted by Gasteiger charge is 2.15. The second-order valence-electron chi connectivity index (χ2n) is 4.61. The average molecular weight is 290 g/mol. The third-order valence-corrected chi connectivity index (χ3v) is 2.81. The fourth-order valence-corrected chi connectivity index (χ4v) is 1.71. The number of carbonyl (C=O) groups is 2. The molecule has 0 unspecified atom stereocenters.